The molecule has 1 aliphatic heterocycles. The van der Waals surface area contributed by atoms with Crippen LogP contribution in [-0.4, -0.2) is 24.3 Å². The molecule has 3 aromatic rings. The van der Waals surface area contributed by atoms with Crippen LogP contribution in [0.2, 0.25) is 0 Å². The van der Waals surface area contributed by atoms with Crippen LogP contribution >= 0.6 is 27.3 Å². The predicted octanol–water partition coefficient (Wildman–Crippen LogP) is 4.69. The largest absolute Gasteiger partial charge is 0.496 e. The third-order valence-electron chi connectivity index (χ3n) is 5.91. The number of fused-ring (bicyclic) bond motifs is 1. The predicted molar refractivity (Wildman–Crippen MR) is 142 cm³/mol. The molecule has 182 valence electrons. The first-order valence-electron chi connectivity index (χ1n) is 11.4. The molecule has 4 rings (SSSR count). The van der Waals surface area contributed by atoms with Gasteiger partial charge in [-0.05, 0) is 55.2 Å². The van der Waals surface area contributed by atoms with Gasteiger partial charge in [-0.25, -0.2) is 9.79 Å². The number of carbonyl (C=O) groups excluding carboxylic acids is 1. The standard InChI is InChI=1S/C27H27BrN2O4S/c1-6-34-26(32)23-16(4)29-27-30(24(23)18-9-7-17(8-10-18)15(2)3)25(31)22(35-27)14-19-13-20(28)11-12-21(19)33-5/h7-15,24H,6H2,1-5H3. The molecule has 1 atom stereocenters. The van der Waals surface area contributed by atoms with Crippen LogP contribution in [-0.2, 0) is 9.53 Å². The Balaban J connectivity index is 1.95. The van der Waals surface area contributed by atoms with Gasteiger partial charge in [0, 0.05) is 10.0 Å². The summed E-state index contributed by atoms with van der Waals surface area (Å²) in [5, 5.41) is 0. The Hall–Kier alpha value is -2.97. The SMILES string of the molecule is CCOC(=O)C1=C(C)N=c2sc(=Cc3cc(Br)ccc3OC)c(=O)n2C1c1ccc(C(C)C)cc1. The molecule has 0 spiro atoms. The van der Waals surface area contributed by atoms with E-state index in [1.165, 1.54) is 16.9 Å². The maximum atomic E-state index is 13.7. The van der Waals surface area contributed by atoms with Gasteiger partial charge >= 0.3 is 5.97 Å². The van der Waals surface area contributed by atoms with Crippen molar-refractivity contribution >= 4 is 39.3 Å². The van der Waals surface area contributed by atoms with Gasteiger partial charge in [0.2, 0.25) is 0 Å². The summed E-state index contributed by atoms with van der Waals surface area (Å²) in [5.74, 6) is 0.561. The molecule has 0 aliphatic carbocycles. The summed E-state index contributed by atoms with van der Waals surface area (Å²) >= 11 is 4.77. The van der Waals surface area contributed by atoms with Gasteiger partial charge in [-0.3, -0.25) is 9.36 Å². The van der Waals surface area contributed by atoms with Crippen molar-refractivity contribution in [2.24, 2.45) is 4.99 Å². The lowest BCUT2D eigenvalue weighted by molar-refractivity contribution is -0.139. The van der Waals surface area contributed by atoms with E-state index < -0.39 is 12.0 Å². The molecule has 1 unspecified atom stereocenters. The normalized spacial score (nSPS) is 15.7. The second-order valence-electron chi connectivity index (χ2n) is 8.51. The van der Waals surface area contributed by atoms with Gasteiger partial charge in [0.15, 0.2) is 4.80 Å². The van der Waals surface area contributed by atoms with Crippen LogP contribution in [0.5, 0.6) is 5.75 Å². The van der Waals surface area contributed by atoms with Gasteiger partial charge < -0.3 is 9.47 Å². The van der Waals surface area contributed by atoms with E-state index >= 15 is 0 Å². The molecule has 8 heteroatoms. The van der Waals surface area contributed by atoms with E-state index in [2.05, 4.69) is 34.8 Å². The zero-order chi connectivity index (χ0) is 25.3. The molecule has 35 heavy (non-hydrogen) atoms. The Kier molecular flexibility index (Phi) is 7.42. The van der Waals surface area contributed by atoms with Crippen molar-refractivity contribution in [2.75, 3.05) is 13.7 Å². The topological polar surface area (TPSA) is 69.9 Å². The number of ether oxygens (including phenoxy) is 2. The van der Waals surface area contributed by atoms with E-state index in [1.807, 2.05) is 42.5 Å². The Morgan fingerprint density at radius 1 is 1.23 bits per heavy atom. The van der Waals surface area contributed by atoms with Crippen molar-refractivity contribution in [3.8, 4) is 5.75 Å². The minimum Gasteiger partial charge on any atom is -0.496 e. The first-order valence-corrected chi connectivity index (χ1v) is 13.0. The highest BCUT2D eigenvalue weighted by atomic mass is 79.9. The molecular weight excluding hydrogens is 528 g/mol. The van der Waals surface area contributed by atoms with Crippen LogP contribution in [0.15, 0.2) is 68.0 Å². The molecule has 0 radical (unpaired) electrons. The van der Waals surface area contributed by atoms with Crippen molar-refractivity contribution in [3.05, 3.63) is 94.6 Å². The highest BCUT2D eigenvalue weighted by Crippen LogP contribution is 2.31. The minimum atomic E-state index is -0.627. The van der Waals surface area contributed by atoms with E-state index in [4.69, 9.17) is 9.47 Å². The summed E-state index contributed by atoms with van der Waals surface area (Å²) in [6, 6.07) is 13.0. The third-order valence-corrected chi connectivity index (χ3v) is 7.39. The number of hydrogen-bond acceptors (Lipinski definition) is 6. The molecule has 0 amide bonds. The smallest absolute Gasteiger partial charge is 0.338 e. The van der Waals surface area contributed by atoms with Crippen LogP contribution in [0.1, 0.15) is 56.3 Å². The van der Waals surface area contributed by atoms with Crippen molar-refractivity contribution in [3.63, 3.8) is 0 Å². The average molecular weight is 555 g/mol. The lowest BCUT2D eigenvalue weighted by Crippen LogP contribution is -2.39. The van der Waals surface area contributed by atoms with Gasteiger partial charge in [0.25, 0.3) is 5.56 Å². The monoisotopic (exact) mass is 554 g/mol. The number of rotatable bonds is 6. The third kappa shape index (κ3) is 4.90. The molecule has 2 aromatic carbocycles. The Labute approximate surface area is 216 Å². The van der Waals surface area contributed by atoms with Crippen molar-refractivity contribution in [1.29, 1.82) is 0 Å². The van der Waals surface area contributed by atoms with Crippen molar-refractivity contribution < 1.29 is 14.3 Å². The number of hydrogen-bond donors (Lipinski definition) is 0. The number of carbonyl (C=O) groups is 1. The summed E-state index contributed by atoms with van der Waals surface area (Å²) in [7, 11) is 1.60. The molecule has 0 saturated carbocycles. The number of thiazole rings is 1. The zero-order valence-electron chi connectivity index (χ0n) is 20.3. The summed E-state index contributed by atoms with van der Waals surface area (Å²) in [6.45, 7) is 8.05. The fourth-order valence-electron chi connectivity index (χ4n) is 4.13. The highest BCUT2D eigenvalue weighted by molar-refractivity contribution is 9.10. The summed E-state index contributed by atoms with van der Waals surface area (Å²) in [4.78, 5) is 32.0. The number of nitrogens with zero attached hydrogens (tertiary/aromatic N) is 2. The highest BCUT2D eigenvalue weighted by Gasteiger charge is 2.33. The second-order valence-corrected chi connectivity index (χ2v) is 10.4. The molecule has 1 aromatic heterocycles. The Bertz CT molecular complexity index is 1480. The van der Waals surface area contributed by atoms with Gasteiger partial charge in [0.1, 0.15) is 5.75 Å². The number of methoxy groups -OCH3 is 1. The minimum absolute atomic E-state index is 0.219. The Morgan fingerprint density at radius 2 is 1.94 bits per heavy atom. The van der Waals surface area contributed by atoms with Gasteiger partial charge in [-0.1, -0.05) is 65.4 Å². The van der Waals surface area contributed by atoms with Crippen LogP contribution in [0.4, 0.5) is 0 Å². The number of esters is 1. The number of allylic oxidation sites excluding steroid dienone is 1. The summed E-state index contributed by atoms with van der Waals surface area (Å²) in [5.41, 5.74) is 3.49. The molecule has 0 saturated heterocycles. The van der Waals surface area contributed by atoms with Crippen LogP contribution in [0.25, 0.3) is 6.08 Å². The van der Waals surface area contributed by atoms with E-state index in [9.17, 15) is 9.59 Å². The lowest BCUT2D eigenvalue weighted by Gasteiger charge is -2.25. The summed E-state index contributed by atoms with van der Waals surface area (Å²) in [6.07, 6.45) is 1.80. The molecule has 0 bridgehead atoms. The fourth-order valence-corrected chi connectivity index (χ4v) is 5.55. The number of benzene rings is 2. The molecule has 2 heterocycles. The van der Waals surface area contributed by atoms with Gasteiger partial charge in [-0.2, -0.15) is 0 Å². The average Bonchev–Trinajstić information content (AvgIpc) is 3.13. The molecule has 1 aliphatic rings. The summed E-state index contributed by atoms with van der Waals surface area (Å²) < 4.78 is 13.8. The molecule has 6 nitrogen and oxygen atoms in total. The van der Waals surface area contributed by atoms with Crippen LogP contribution in [0, 0.1) is 0 Å². The Morgan fingerprint density at radius 3 is 2.57 bits per heavy atom. The maximum Gasteiger partial charge on any atom is 0.338 e. The molecular formula is C27H27BrN2O4S. The van der Waals surface area contributed by atoms with E-state index in [0.29, 0.717) is 32.3 Å². The van der Waals surface area contributed by atoms with Crippen molar-refractivity contribution in [2.45, 2.75) is 39.7 Å². The first kappa shape index (κ1) is 25.1. The van der Waals surface area contributed by atoms with Crippen LogP contribution < -0.4 is 19.6 Å². The number of aromatic nitrogens is 1. The fraction of sp³-hybridized carbons (Fsp3) is 0.296. The van der Waals surface area contributed by atoms with E-state index in [0.717, 1.165) is 15.6 Å². The second kappa shape index (κ2) is 10.3. The van der Waals surface area contributed by atoms with Crippen molar-refractivity contribution in [1.82, 2.24) is 4.57 Å². The van der Waals surface area contributed by atoms with Gasteiger partial charge in [-0.15, -0.1) is 0 Å². The quantitative estimate of drug-likeness (QED) is 0.414. The molecule has 0 N–H and O–H groups in total. The zero-order valence-corrected chi connectivity index (χ0v) is 22.7. The number of halogens is 1. The lowest BCUT2D eigenvalue weighted by atomic mass is 9.93. The molecule has 0 fully saturated rings. The van der Waals surface area contributed by atoms with E-state index in [1.54, 1.807) is 31.6 Å². The maximum absolute atomic E-state index is 13.7. The van der Waals surface area contributed by atoms with Gasteiger partial charge in [0.05, 0.1) is 35.6 Å². The first-order chi connectivity index (χ1) is 16.7. The van der Waals surface area contributed by atoms with Crippen LogP contribution in [0.3, 0.4) is 0 Å². The van der Waals surface area contributed by atoms with E-state index in [-0.39, 0.29) is 12.2 Å².